The molecule has 0 aliphatic carbocycles. The third-order valence-corrected chi connectivity index (χ3v) is 5.93. The fourth-order valence-electron chi connectivity index (χ4n) is 3.50. The molecule has 1 amide bonds. The van der Waals surface area contributed by atoms with Crippen molar-refractivity contribution in [1.82, 2.24) is 4.98 Å². The van der Waals surface area contributed by atoms with Gasteiger partial charge in [-0.3, -0.25) is 14.9 Å². The highest BCUT2D eigenvalue weighted by Gasteiger charge is 2.22. The molecule has 0 aliphatic heterocycles. The number of pyridine rings is 1. The number of methoxy groups -OCH3 is 1. The predicted molar refractivity (Wildman–Crippen MR) is 125 cm³/mol. The van der Waals surface area contributed by atoms with E-state index in [1.54, 1.807) is 12.1 Å². The first-order valence-corrected chi connectivity index (χ1v) is 10.6. The Morgan fingerprint density at radius 2 is 2.12 bits per heavy atom. The van der Waals surface area contributed by atoms with Crippen molar-refractivity contribution >= 4 is 39.5 Å². The molecule has 164 valence electrons. The first-order chi connectivity index (χ1) is 15.9. The van der Waals surface area contributed by atoms with Crippen molar-refractivity contribution in [2.75, 3.05) is 12.4 Å². The summed E-state index contributed by atoms with van der Waals surface area (Å²) in [6, 6.07) is 14.9. The quantitative estimate of drug-likeness (QED) is 0.306. The molecule has 0 atom stereocenters. The molecule has 2 aromatic heterocycles. The Kier molecular flexibility index (Phi) is 5.89. The van der Waals surface area contributed by atoms with Crippen LogP contribution in [-0.2, 0) is 6.54 Å². The number of carbonyl (C=O) groups is 1. The Balaban J connectivity index is 2.02. The van der Waals surface area contributed by atoms with Gasteiger partial charge in [-0.15, -0.1) is 11.3 Å². The number of benzene rings is 2. The van der Waals surface area contributed by atoms with E-state index in [9.17, 15) is 20.2 Å². The van der Waals surface area contributed by atoms with Crippen molar-refractivity contribution in [2.45, 2.75) is 6.54 Å². The number of nitrogens with one attached hydrogen (secondary N) is 1. The van der Waals surface area contributed by atoms with Gasteiger partial charge >= 0.3 is 0 Å². The summed E-state index contributed by atoms with van der Waals surface area (Å²) >= 11 is 1.53. The summed E-state index contributed by atoms with van der Waals surface area (Å²) in [5.41, 5.74) is 7.12. The number of nitro benzene ring substituents is 1. The SMILES string of the molecule is COc1ccc(C(N)=O)c(-c2nc3ccc([N+](=O)[O-])cc3c(NCc3cccs3)c2C#N)c1. The number of nitrogens with two attached hydrogens (primary N) is 1. The number of nitro groups is 1. The number of carbonyl (C=O) groups excluding carboxylic acids is 1. The minimum atomic E-state index is -0.685. The van der Waals surface area contributed by atoms with Crippen molar-refractivity contribution < 1.29 is 14.5 Å². The minimum absolute atomic E-state index is 0.126. The molecule has 2 aromatic carbocycles. The number of primary amides is 1. The Labute approximate surface area is 192 Å². The molecular formula is C23H17N5O4S. The molecule has 10 heteroatoms. The minimum Gasteiger partial charge on any atom is -0.497 e. The maximum atomic E-state index is 12.1. The maximum Gasteiger partial charge on any atom is 0.270 e. The number of non-ortho nitro benzene ring substituents is 1. The van der Waals surface area contributed by atoms with Crippen LogP contribution in [0.2, 0.25) is 0 Å². The third-order valence-electron chi connectivity index (χ3n) is 5.06. The van der Waals surface area contributed by atoms with Crippen molar-refractivity contribution in [3.05, 3.63) is 80.0 Å². The van der Waals surface area contributed by atoms with Gasteiger partial charge in [0.25, 0.3) is 5.69 Å². The molecule has 9 nitrogen and oxygen atoms in total. The summed E-state index contributed by atoms with van der Waals surface area (Å²) in [7, 11) is 1.48. The molecule has 2 heterocycles. The lowest BCUT2D eigenvalue weighted by molar-refractivity contribution is -0.384. The smallest absolute Gasteiger partial charge is 0.270 e. The molecule has 0 saturated heterocycles. The highest BCUT2D eigenvalue weighted by Crippen LogP contribution is 2.38. The summed E-state index contributed by atoms with van der Waals surface area (Å²) in [6.45, 7) is 0.397. The van der Waals surface area contributed by atoms with E-state index in [4.69, 9.17) is 10.5 Å². The average molecular weight is 459 g/mol. The number of ether oxygens (including phenoxy) is 1. The highest BCUT2D eigenvalue weighted by atomic mass is 32.1. The summed E-state index contributed by atoms with van der Waals surface area (Å²) < 4.78 is 5.29. The van der Waals surface area contributed by atoms with Gasteiger partial charge in [0.15, 0.2) is 0 Å². The van der Waals surface area contributed by atoms with E-state index in [1.807, 2.05) is 17.5 Å². The van der Waals surface area contributed by atoms with Gasteiger partial charge in [-0.2, -0.15) is 5.26 Å². The molecule has 0 bridgehead atoms. The van der Waals surface area contributed by atoms with Gasteiger partial charge in [-0.25, -0.2) is 4.98 Å². The molecule has 0 saturated carbocycles. The Morgan fingerprint density at radius 3 is 2.76 bits per heavy atom. The standard InChI is InChI=1S/C23H17N5O4S/c1-32-14-5-6-16(23(25)29)17(10-14)22-19(11-24)21(26-12-15-3-2-8-33-15)18-9-13(28(30)31)4-7-20(18)27-22/h2-10H,12H2,1H3,(H2,25,29)(H,26,27). The summed E-state index contributed by atoms with van der Waals surface area (Å²) in [4.78, 5) is 28.6. The number of nitriles is 1. The maximum absolute atomic E-state index is 12.1. The number of thiophene rings is 1. The second-order valence-electron chi connectivity index (χ2n) is 6.99. The lowest BCUT2D eigenvalue weighted by Gasteiger charge is -2.16. The van der Waals surface area contributed by atoms with E-state index in [0.29, 0.717) is 34.4 Å². The van der Waals surface area contributed by atoms with Crippen LogP contribution in [-0.4, -0.2) is 22.9 Å². The molecule has 0 unspecified atom stereocenters. The van der Waals surface area contributed by atoms with Crippen LogP contribution in [0.15, 0.2) is 53.9 Å². The van der Waals surface area contributed by atoms with Crippen LogP contribution in [0.5, 0.6) is 5.75 Å². The normalized spacial score (nSPS) is 10.5. The largest absolute Gasteiger partial charge is 0.497 e. The zero-order valence-corrected chi connectivity index (χ0v) is 18.2. The Hall–Kier alpha value is -4.49. The summed E-state index contributed by atoms with van der Waals surface area (Å²) in [5, 5.41) is 27.1. The van der Waals surface area contributed by atoms with Crippen molar-refractivity contribution in [1.29, 1.82) is 5.26 Å². The monoisotopic (exact) mass is 459 g/mol. The zero-order valence-electron chi connectivity index (χ0n) is 17.4. The summed E-state index contributed by atoms with van der Waals surface area (Å²) in [5.74, 6) is -0.229. The number of aromatic nitrogens is 1. The van der Waals surface area contributed by atoms with E-state index < -0.39 is 10.8 Å². The average Bonchev–Trinajstić information content (AvgIpc) is 3.34. The number of rotatable bonds is 7. The van der Waals surface area contributed by atoms with E-state index in [1.165, 1.54) is 42.7 Å². The predicted octanol–water partition coefficient (Wildman–Crippen LogP) is 4.46. The van der Waals surface area contributed by atoms with Crippen LogP contribution in [0, 0.1) is 21.4 Å². The zero-order chi connectivity index (χ0) is 23.5. The van der Waals surface area contributed by atoms with Crippen LogP contribution in [0.4, 0.5) is 11.4 Å². The van der Waals surface area contributed by atoms with E-state index in [2.05, 4.69) is 16.4 Å². The summed E-state index contributed by atoms with van der Waals surface area (Å²) in [6.07, 6.45) is 0. The fraction of sp³-hybridized carbons (Fsp3) is 0.0870. The van der Waals surface area contributed by atoms with Gasteiger partial charge in [-0.05, 0) is 35.7 Å². The second kappa shape index (κ2) is 8.94. The lowest BCUT2D eigenvalue weighted by Crippen LogP contribution is -2.13. The highest BCUT2D eigenvalue weighted by molar-refractivity contribution is 7.09. The van der Waals surface area contributed by atoms with Gasteiger partial charge in [0, 0.05) is 40.1 Å². The number of amides is 1. The van der Waals surface area contributed by atoms with E-state index in [-0.39, 0.29) is 22.5 Å². The molecular weight excluding hydrogens is 442 g/mol. The molecule has 4 rings (SSSR count). The van der Waals surface area contributed by atoms with Crippen LogP contribution in [0.25, 0.3) is 22.2 Å². The molecule has 33 heavy (non-hydrogen) atoms. The van der Waals surface area contributed by atoms with E-state index in [0.717, 1.165) is 4.88 Å². The number of nitrogens with zero attached hydrogens (tertiary/aromatic N) is 3. The van der Waals surface area contributed by atoms with Crippen LogP contribution < -0.4 is 15.8 Å². The van der Waals surface area contributed by atoms with Crippen molar-refractivity contribution in [3.8, 4) is 23.1 Å². The lowest BCUT2D eigenvalue weighted by atomic mass is 9.96. The molecule has 4 aromatic rings. The fourth-order valence-corrected chi connectivity index (χ4v) is 4.15. The number of hydrogen-bond acceptors (Lipinski definition) is 8. The van der Waals surface area contributed by atoms with Crippen molar-refractivity contribution in [3.63, 3.8) is 0 Å². The molecule has 0 fully saturated rings. The van der Waals surface area contributed by atoms with Gasteiger partial charge < -0.3 is 15.8 Å². The van der Waals surface area contributed by atoms with Gasteiger partial charge in [0.05, 0.1) is 28.9 Å². The molecule has 0 aliphatic rings. The van der Waals surface area contributed by atoms with E-state index >= 15 is 0 Å². The third kappa shape index (κ3) is 4.17. The van der Waals surface area contributed by atoms with Crippen LogP contribution in [0.1, 0.15) is 20.8 Å². The first-order valence-electron chi connectivity index (χ1n) is 9.69. The molecule has 0 spiro atoms. The first kappa shape index (κ1) is 21.7. The van der Waals surface area contributed by atoms with Crippen LogP contribution in [0.3, 0.4) is 0 Å². The van der Waals surface area contributed by atoms with Gasteiger partial charge in [0.2, 0.25) is 5.91 Å². The number of fused-ring (bicyclic) bond motifs is 1. The van der Waals surface area contributed by atoms with Gasteiger partial charge in [-0.1, -0.05) is 6.07 Å². The topological polar surface area (TPSA) is 144 Å². The second-order valence-corrected chi connectivity index (χ2v) is 8.02. The van der Waals surface area contributed by atoms with Crippen molar-refractivity contribution in [2.24, 2.45) is 5.73 Å². The number of anilines is 1. The molecule has 0 radical (unpaired) electrons. The van der Waals surface area contributed by atoms with Crippen LogP contribution >= 0.6 is 11.3 Å². The Bertz CT molecular complexity index is 1430. The van der Waals surface area contributed by atoms with Gasteiger partial charge in [0.1, 0.15) is 17.4 Å². The molecule has 3 N–H and O–H groups in total. The Morgan fingerprint density at radius 1 is 1.30 bits per heavy atom. The number of hydrogen-bond donors (Lipinski definition) is 2.